The van der Waals surface area contributed by atoms with Gasteiger partial charge in [0.1, 0.15) is 6.61 Å². The second-order valence-corrected chi connectivity index (χ2v) is 3.26. The molecule has 1 aliphatic heterocycles. The van der Waals surface area contributed by atoms with Gasteiger partial charge < -0.3 is 4.74 Å². The summed E-state index contributed by atoms with van der Waals surface area (Å²) in [6.45, 7) is 0.774. The SMILES string of the molecule is O=[N+]1COCC1Cc1ccccc1. The number of hydrogen-bond donors (Lipinski definition) is 0. The molecule has 0 aromatic heterocycles. The Hall–Kier alpha value is -1.22. The molecule has 1 atom stereocenters. The fourth-order valence-electron chi connectivity index (χ4n) is 1.51. The lowest BCUT2D eigenvalue weighted by atomic mass is 10.1. The molecule has 1 aromatic rings. The van der Waals surface area contributed by atoms with Crippen LogP contribution < -0.4 is 0 Å². The molecule has 3 nitrogen and oxygen atoms in total. The molecule has 0 amide bonds. The van der Waals surface area contributed by atoms with E-state index in [1.807, 2.05) is 30.3 Å². The number of ether oxygens (including phenoxy) is 1. The van der Waals surface area contributed by atoms with E-state index in [9.17, 15) is 4.91 Å². The van der Waals surface area contributed by atoms with Gasteiger partial charge in [0.2, 0.25) is 6.04 Å². The maximum atomic E-state index is 11.2. The van der Waals surface area contributed by atoms with Gasteiger partial charge in [-0.15, -0.1) is 0 Å². The van der Waals surface area contributed by atoms with Crippen LogP contribution in [0, 0.1) is 4.91 Å². The molecule has 1 heterocycles. The van der Waals surface area contributed by atoms with Gasteiger partial charge in [-0.05, 0) is 5.56 Å². The van der Waals surface area contributed by atoms with Crippen molar-refractivity contribution in [3.8, 4) is 0 Å². The van der Waals surface area contributed by atoms with Crippen molar-refractivity contribution in [1.29, 1.82) is 0 Å². The molecule has 0 spiro atoms. The van der Waals surface area contributed by atoms with Gasteiger partial charge in [0.25, 0.3) is 6.73 Å². The Morgan fingerprint density at radius 2 is 2.15 bits per heavy atom. The Morgan fingerprint density at radius 1 is 1.38 bits per heavy atom. The normalized spacial score (nSPS) is 22.2. The van der Waals surface area contributed by atoms with Crippen LogP contribution in [-0.2, 0) is 11.2 Å². The molecule has 2 rings (SSSR count). The molecule has 1 aromatic carbocycles. The summed E-state index contributed by atoms with van der Waals surface area (Å²) >= 11 is 0. The average Bonchev–Trinajstić information content (AvgIpc) is 2.54. The fraction of sp³-hybridized carbons (Fsp3) is 0.400. The van der Waals surface area contributed by atoms with Crippen LogP contribution in [0.15, 0.2) is 30.3 Å². The van der Waals surface area contributed by atoms with Crippen LogP contribution >= 0.6 is 0 Å². The van der Waals surface area contributed by atoms with Crippen molar-refractivity contribution in [2.45, 2.75) is 12.5 Å². The summed E-state index contributed by atoms with van der Waals surface area (Å²) in [5.41, 5.74) is 1.19. The van der Waals surface area contributed by atoms with Gasteiger partial charge in [-0.3, -0.25) is 0 Å². The summed E-state index contributed by atoms with van der Waals surface area (Å²) in [6, 6.07) is 10.0. The first-order chi connectivity index (χ1) is 6.36. The van der Waals surface area contributed by atoms with Crippen LogP contribution in [0.4, 0.5) is 0 Å². The van der Waals surface area contributed by atoms with Gasteiger partial charge in [-0.1, -0.05) is 30.3 Å². The maximum absolute atomic E-state index is 11.2. The second-order valence-electron chi connectivity index (χ2n) is 3.26. The summed E-state index contributed by atoms with van der Waals surface area (Å²) in [5, 5.41) is 0. The molecule has 0 radical (unpaired) electrons. The molecule has 1 saturated heterocycles. The van der Waals surface area contributed by atoms with Crippen molar-refractivity contribution < 1.29 is 9.50 Å². The second kappa shape index (κ2) is 3.66. The van der Waals surface area contributed by atoms with E-state index >= 15 is 0 Å². The quantitative estimate of drug-likeness (QED) is 0.640. The highest BCUT2D eigenvalue weighted by molar-refractivity contribution is 5.15. The van der Waals surface area contributed by atoms with Crippen LogP contribution in [-0.4, -0.2) is 24.1 Å². The molecule has 0 bridgehead atoms. The highest BCUT2D eigenvalue weighted by Gasteiger charge is 2.32. The fourth-order valence-corrected chi connectivity index (χ4v) is 1.51. The Bertz CT molecular complexity index is 297. The van der Waals surface area contributed by atoms with Gasteiger partial charge in [-0.25, -0.2) is 0 Å². The first-order valence-corrected chi connectivity index (χ1v) is 4.42. The van der Waals surface area contributed by atoms with E-state index in [0.717, 1.165) is 11.2 Å². The monoisotopic (exact) mass is 178 g/mol. The lowest BCUT2D eigenvalue weighted by molar-refractivity contribution is -0.577. The van der Waals surface area contributed by atoms with Crippen LogP contribution in [0.3, 0.4) is 0 Å². The zero-order valence-corrected chi connectivity index (χ0v) is 7.35. The smallest absolute Gasteiger partial charge is 0.296 e. The van der Waals surface area contributed by atoms with E-state index in [1.54, 1.807) is 0 Å². The largest absolute Gasteiger partial charge is 0.313 e. The van der Waals surface area contributed by atoms with E-state index in [0.29, 0.717) is 6.61 Å². The van der Waals surface area contributed by atoms with Crippen molar-refractivity contribution in [2.75, 3.05) is 13.3 Å². The molecular weight excluding hydrogens is 166 g/mol. The van der Waals surface area contributed by atoms with Crippen LogP contribution in [0.2, 0.25) is 0 Å². The van der Waals surface area contributed by atoms with Crippen LogP contribution in [0.5, 0.6) is 0 Å². The zero-order valence-electron chi connectivity index (χ0n) is 7.35. The topological polar surface area (TPSA) is 29.3 Å². The summed E-state index contributed by atoms with van der Waals surface area (Å²) in [7, 11) is 0. The molecule has 1 aliphatic rings. The molecule has 13 heavy (non-hydrogen) atoms. The zero-order chi connectivity index (χ0) is 9.10. The summed E-state index contributed by atoms with van der Waals surface area (Å²) in [4.78, 5) is 11.2. The molecule has 0 saturated carbocycles. The molecule has 0 N–H and O–H groups in total. The first-order valence-electron chi connectivity index (χ1n) is 4.42. The highest BCUT2D eigenvalue weighted by atomic mass is 16.5. The van der Waals surface area contributed by atoms with E-state index in [4.69, 9.17) is 4.74 Å². The maximum Gasteiger partial charge on any atom is 0.296 e. The van der Waals surface area contributed by atoms with Crippen LogP contribution in [0.1, 0.15) is 5.56 Å². The minimum atomic E-state index is 0.00222. The summed E-state index contributed by atoms with van der Waals surface area (Å²) < 4.78 is 6.06. The van der Waals surface area contributed by atoms with E-state index in [2.05, 4.69) is 0 Å². The number of benzene rings is 1. The standard InChI is InChI=1S/C10H12NO2/c12-11-8-13-7-10(11)6-9-4-2-1-3-5-9/h1-5,10H,6-8H2/q+1. The Labute approximate surface area is 76.9 Å². The highest BCUT2D eigenvalue weighted by Crippen LogP contribution is 2.10. The third kappa shape index (κ3) is 1.92. The minimum absolute atomic E-state index is 0.00222. The van der Waals surface area contributed by atoms with Gasteiger partial charge in [0.15, 0.2) is 0 Å². The van der Waals surface area contributed by atoms with Gasteiger partial charge in [-0.2, -0.15) is 0 Å². The third-order valence-electron chi connectivity index (χ3n) is 2.25. The number of hydrogen-bond acceptors (Lipinski definition) is 2. The van der Waals surface area contributed by atoms with Crippen molar-refractivity contribution >= 4 is 0 Å². The van der Waals surface area contributed by atoms with Crippen molar-refractivity contribution in [3.05, 3.63) is 40.8 Å². The molecular formula is C10H12NO2+. The van der Waals surface area contributed by atoms with Gasteiger partial charge in [0, 0.05) is 16.1 Å². The molecule has 1 unspecified atom stereocenters. The molecule has 68 valence electrons. The minimum Gasteiger partial charge on any atom is -0.313 e. The van der Waals surface area contributed by atoms with Crippen molar-refractivity contribution in [2.24, 2.45) is 0 Å². The summed E-state index contributed by atoms with van der Waals surface area (Å²) in [6.07, 6.45) is 0.782. The lowest BCUT2D eigenvalue weighted by Crippen LogP contribution is -2.21. The van der Waals surface area contributed by atoms with E-state index < -0.39 is 0 Å². The molecule has 1 fully saturated rings. The third-order valence-corrected chi connectivity index (χ3v) is 2.25. The predicted octanol–water partition coefficient (Wildman–Crippen LogP) is 1.36. The van der Waals surface area contributed by atoms with Gasteiger partial charge in [0.05, 0.1) is 0 Å². The Balaban J connectivity index is 2.02. The molecule has 0 aliphatic carbocycles. The van der Waals surface area contributed by atoms with Crippen LogP contribution in [0.25, 0.3) is 0 Å². The first kappa shape index (κ1) is 8.38. The van der Waals surface area contributed by atoms with Gasteiger partial charge >= 0.3 is 0 Å². The number of nitrogens with zero attached hydrogens (tertiary/aromatic N) is 1. The predicted molar refractivity (Wildman–Crippen MR) is 48.4 cm³/mol. The van der Waals surface area contributed by atoms with E-state index in [1.165, 1.54) is 5.56 Å². The van der Waals surface area contributed by atoms with Crippen molar-refractivity contribution in [1.82, 2.24) is 0 Å². The average molecular weight is 178 g/mol. The Morgan fingerprint density at radius 3 is 2.77 bits per heavy atom. The number of rotatable bonds is 2. The lowest BCUT2D eigenvalue weighted by Gasteiger charge is -1.99. The Kier molecular flexibility index (Phi) is 2.36. The summed E-state index contributed by atoms with van der Waals surface area (Å²) in [5.74, 6) is 0. The number of nitroso groups, excluding NO2 is 1. The van der Waals surface area contributed by atoms with Crippen molar-refractivity contribution in [3.63, 3.8) is 0 Å². The van der Waals surface area contributed by atoms with E-state index in [-0.39, 0.29) is 12.8 Å². The molecule has 3 heteroatoms.